The Bertz CT molecular complexity index is 1370. The van der Waals surface area contributed by atoms with Crippen LogP contribution in [0.3, 0.4) is 0 Å². The highest BCUT2D eigenvalue weighted by Crippen LogP contribution is 2.22. The first-order valence-electron chi connectivity index (χ1n) is 9.41. The van der Waals surface area contributed by atoms with Gasteiger partial charge < -0.3 is 4.74 Å². The molecule has 3 aromatic heterocycles. The van der Waals surface area contributed by atoms with Gasteiger partial charge in [-0.1, -0.05) is 12.2 Å². The van der Waals surface area contributed by atoms with Gasteiger partial charge in [0.25, 0.3) is 5.56 Å². The first kappa shape index (κ1) is 18.8. The summed E-state index contributed by atoms with van der Waals surface area (Å²) in [7, 11) is 1.62. The lowest BCUT2D eigenvalue weighted by atomic mass is 10.3. The number of fused-ring (bicyclic) bond motifs is 3. The summed E-state index contributed by atoms with van der Waals surface area (Å²) in [6.07, 6.45) is 1.86. The van der Waals surface area contributed by atoms with Crippen LogP contribution in [0.5, 0.6) is 5.75 Å². The molecule has 0 atom stereocenters. The van der Waals surface area contributed by atoms with Crippen molar-refractivity contribution in [3.05, 3.63) is 69.1 Å². The van der Waals surface area contributed by atoms with E-state index in [1.165, 1.54) is 9.13 Å². The number of rotatable bonds is 5. The van der Waals surface area contributed by atoms with Gasteiger partial charge in [-0.25, -0.2) is 4.79 Å². The van der Waals surface area contributed by atoms with Crippen LogP contribution >= 0.6 is 0 Å². The highest BCUT2D eigenvalue weighted by Gasteiger charge is 2.20. The van der Waals surface area contributed by atoms with E-state index < -0.39 is 5.69 Å². The quantitative estimate of drug-likeness (QED) is 0.488. The maximum Gasteiger partial charge on any atom is 0.332 e. The van der Waals surface area contributed by atoms with Gasteiger partial charge in [-0.3, -0.25) is 22.9 Å². The molecule has 150 valence electrons. The van der Waals surface area contributed by atoms with Gasteiger partial charge in [0.05, 0.1) is 13.2 Å². The zero-order chi connectivity index (χ0) is 20.9. The monoisotopic (exact) mass is 393 g/mol. The van der Waals surface area contributed by atoms with Crippen LogP contribution in [0.2, 0.25) is 0 Å². The largest absolute Gasteiger partial charge is 0.494 e. The van der Waals surface area contributed by atoms with Gasteiger partial charge in [0.1, 0.15) is 5.75 Å². The number of aromatic nitrogens is 5. The van der Waals surface area contributed by atoms with Gasteiger partial charge in [-0.2, -0.15) is 4.98 Å². The summed E-state index contributed by atoms with van der Waals surface area (Å²) in [4.78, 5) is 30.4. The molecule has 8 heteroatoms. The summed E-state index contributed by atoms with van der Waals surface area (Å²) in [6, 6.07) is 7.67. The van der Waals surface area contributed by atoms with Crippen LogP contribution in [-0.2, 0) is 13.6 Å². The van der Waals surface area contributed by atoms with Gasteiger partial charge in [0.2, 0.25) is 5.78 Å². The Morgan fingerprint density at radius 1 is 1.21 bits per heavy atom. The summed E-state index contributed by atoms with van der Waals surface area (Å²) in [5.41, 5.74) is 2.48. The van der Waals surface area contributed by atoms with E-state index in [2.05, 4.69) is 11.6 Å². The maximum atomic E-state index is 13.1. The van der Waals surface area contributed by atoms with E-state index in [9.17, 15) is 9.59 Å². The fraction of sp³-hybridized carbons (Fsp3) is 0.286. The average Bonchev–Trinajstić information content (AvgIpc) is 3.19. The summed E-state index contributed by atoms with van der Waals surface area (Å²) >= 11 is 0. The standard InChI is InChI=1S/C21H23N5O3/c1-6-29-16-9-7-15(8-10-16)26-14(4)12-24-17-18(22-20(24)26)23(5)21(28)25(19(17)27)11-13(2)3/h7-10,12H,2,6,11H2,1,3-5H3. The smallest absolute Gasteiger partial charge is 0.332 e. The first-order chi connectivity index (χ1) is 13.8. The Morgan fingerprint density at radius 2 is 1.90 bits per heavy atom. The summed E-state index contributed by atoms with van der Waals surface area (Å²) in [6.45, 7) is 10.3. The van der Waals surface area contributed by atoms with E-state index in [0.717, 1.165) is 22.7 Å². The van der Waals surface area contributed by atoms with Crippen molar-refractivity contribution in [2.45, 2.75) is 27.3 Å². The molecule has 0 amide bonds. The van der Waals surface area contributed by atoms with Gasteiger partial charge in [-0.15, -0.1) is 0 Å². The summed E-state index contributed by atoms with van der Waals surface area (Å²) < 4.78 is 11.8. The van der Waals surface area contributed by atoms with Gasteiger partial charge in [-0.05, 0) is 45.0 Å². The number of benzene rings is 1. The predicted octanol–water partition coefficient (Wildman–Crippen LogP) is 2.42. The van der Waals surface area contributed by atoms with Crippen molar-refractivity contribution in [2.75, 3.05) is 6.61 Å². The Morgan fingerprint density at radius 3 is 2.52 bits per heavy atom. The number of nitrogens with zero attached hydrogens (tertiary/aromatic N) is 5. The van der Waals surface area contributed by atoms with E-state index in [0.29, 0.717) is 23.5 Å². The fourth-order valence-corrected chi connectivity index (χ4v) is 3.60. The predicted molar refractivity (Wildman–Crippen MR) is 112 cm³/mol. The van der Waals surface area contributed by atoms with Crippen molar-refractivity contribution in [1.29, 1.82) is 0 Å². The molecule has 8 nitrogen and oxygen atoms in total. The molecule has 0 spiro atoms. The number of imidazole rings is 2. The average molecular weight is 393 g/mol. The molecule has 0 aliphatic rings. The highest BCUT2D eigenvalue weighted by molar-refractivity contribution is 5.76. The molecule has 0 saturated heterocycles. The number of hydrogen-bond donors (Lipinski definition) is 0. The SMILES string of the molecule is C=C(C)Cn1c(=O)c2c(nc3n(-c4ccc(OCC)cc4)c(C)cn23)n(C)c1=O. The Labute approximate surface area is 166 Å². The van der Waals surface area contributed by atoms with Crippen molar-refractivity contribution in [3.63, 3.8) is 0 Å². The molecule has 0 fully saturated rings. The molecule has 4 rings (SSSR count). The lowest BCUT2D eigenvalue weighted by Gasteiger charge is -2.08. The van der Waals surface area contributed by atoms with E-state index in [1.54, 1.807) is 18.4 Å². The second kappa shape index (κ2) is 6.80. The minimum atomic E-state index is -0.407. The van der Waals surface area contributed by atoms with E-state index >= 15 is 0 Å². The highest BCUT2D eigenvalue weighted by atomic mass is 16.5. The minimum absolute atomic E-state index is 0.174. The third-order valence-corrected chi connectivity index (χ3v) is 4.86. The molecular weight excluding hydrogens is 370 g/mol. The molecule has 0 radical (unpaired) electrons. The number of ether oxygens (including phenoxy) is 1. The fourth-order valence-electron chi connectivity index (χ4n) is 3.60. The van der Waals surface area contributed by atoms with Crippen LogP contribution in [0.15, 0.2) is 52.2 Å². The third kappa shape index (κ3) is 2.88. The van der Waals surface area contributed by atoms with Gasteiger partial charge >= 0.3 is 5.69 Å². The molecule has 29 heavy (non-hydrogen) atoms. The Balaban J connectivity index is 2.01. The van der Waals surface area contributed by atoms with E-state index in [1.807, 2.05) is 48.9 Å². The summed E-state index contributed by atoms with van der Waals surface area (Å²) in [5.74, 6) is 1.36. The zero-order valence-corrected chi connectivity index (χ0v) is 17.0. The molecule has 0 N–H and O–H groups in total. The van der Waals surface area contributed by atoms with Gasteiger partial charge in [0.15, 0.2) is 11.2 Å². The van der Waals surface area contributed by atoms with Crippen molar-refractivity contribution in [1.82, 2.24) is 23.1 Å². The minimum Gasteiger partial charge on any atom is -0.494 e. The topological polar surface area (TPSA) is 75.5 Å². The van der Waals surface area contributed by atoms with E-state index in [-0.39, 0.29) is 12.1 Å². The Hall–Kier alpha value is -3.55. The van der Waals surface area contributed by atoms with Crippen molar-refractivity contribution in [2.24, 2.45) is 7.05 Å². The molecule has 0 unspecified atom stereocenters. The lowest BCUT2D eigenvalue weighted by molar-refractivity contribution is 0.340. The van der Waals surface area contributed by atoms with Crippen LogP contribution in [-0.4, -0.2) is 29.7 Å². The zero-order valence-electron chi connectivity index (χ0n) is 17.0. The third-order valence-electron chi connectivity index (χ3n) is 4.86. The second-order valence-corrected chi connectivity index (χ2v) is 7.18. The molecule has 0 aliphatic carbocycles. The number of hydrogen-bond acceptors (Lipinski definition) is 4. The molecule has 3 heterocycles. The van der Waals surface area contributed by atoms with Crippen LogP contribution in [0.25, 0.3) is 22.6 Å². The van der Waals surface area contributed by atoms with Crippen LogP contribution in [0.4, 0.5) is 0 Å². The Kier molecular flexibility index (Phi) is 4.41. The van der Waals surface area contributed by atoms with Crippen LogP contribution < -0.4 is 16.0 Å². The van der Waals surface area contributed by atoms with Crippen molar-refractivity contribution in [3.8, 4) is 11.4 Å². The number of aryl methyl sites for hydroxylation is 2. The van der Waals surface area contributed by atoms with Crippen LogP contribution in [0, 0.1) is 6.92 Å². The van der Waals surface area contributed by atoms with Crippen molar-refractivity contribution >= 4 is 16.9 Å². The lowest BCUT2D eigenvalue weighted by Crippen LogP contribution is -2.39. The number of allylic oxidation sites excluding steroid dienone is 1. The van der Waals surface area contributed by atoms with E-state index in [4.69, 9.17) is 4.74 Å². The normalized spacial score (nSPS) is 11.4. The van der Waals surface area contributed by atoms with Crippen LogP contribution in [0.1, 0.15) is 19.5 Å². The molecule has 0 aliphatic heterocycles. The van der Waals surface area contributed by atoms with Crippen molar-refractivity contribution < 1.29 is 4.74 Å². The molecule has 4 aromatic rings. The summed E-state index contributed by atoms with van der Waals surface area (Å²) in [5, 5.41) is 0. The maximum absolute atomic E-state index is 13.1. The first-order valence-corrected chi connectivity index (χ1v) is 9.41. The second-order valence-electron chi connectivity index (χ2n) is 7.18. The molecule has 1 aromatic carbocycles. The molecule has 0 saturated carbocycles. The molecule has 0 bridgehead atoms. The molecular formula is C21H23N5O3. The van der Waals surface area contributed by atoms with Gasteiger partial charge in [0, 0.05) is 24.6 Å².